The third kappa shape index (κ3) is 3.50. The first kappa shape index (κ1) is 14.4. The highest BCUT2D eigenvalue weighted by atomic mass is 35.5. The molecule has 2 N–H and O–H groups in total. The fourth-order valence-electron chi connectivity index (χ4n) is 1.62. The minimum atomic E-state index is 0.573. The first-order valence-corrected chi connectivity index (χ1v) is 7.35. The fraction of sp³-hybridized carbons (Fsp3) is 0.143. The maximum Gasteiger partial charge on any atom is 0.134 e. The summed E-state index contributed by atoms with van der Waals surface area (Å²) in [4.78, 5) is 1.02. The number of thioether (sulfide) groups is 1. The van der Waals surface area contributed by atoms with Crippen LogP contribution in [0.2, 0.25) is 10.0 Å². The lowest BCUT2D eigenvalue weighted by atomic mass is 10.2. The molecule has 0 saturated heterocycles. The van der Waals surface area contributed by atoms with Crippen molar-refractivity contribution in [2.24, 2.45) is 0 Å². The molecule has 5 heteroatoms. The second-order valence-electron chi connectivity index (χ2n) is 3.91. The summed E-state index contributed by atoms with van der Waals surface area (Å²) < 4.78 is 5.31. The molecule has 0 heterocycles. The number of nitrogen functional groups attached to an aromatic ring is 1. The molecule has 0 aromatic heterocycles. The van der Waals surface area contributed by atoms with Gasteiger partial charge in [0.2, 0.25) is 0 Å². The summed E-state index contributed by atoms with van der Waals surface area (Å²) >= 11 is 13.8. The van der Waals surface area contributed by atoms with Crippen LogP contribution in [0.4, 0.5) is 5.69 Å². The van der Waals surface area contributed by atoms with Crippen LogP contribution in [0.15, 0.2) is 41.3 Å². The molecule has 0 unspecified atom stereocenters. The summed E-state index contributed by atoms with van der Waals surface area (Å²) in [6.07, 6.45) is 0. The van der Waals surface area contributed by atoms with Gasteiger partial charge in [-0.1, -0.05) is 35.3 Å². The molecular formula is C14H13Cl2NOS. The van der Waals surface area contributed by atoms with E-state index in [1.807, 2.05) is 30.3 Å². The molecule has 0 radical (unpaired) electrons. The monoisotopic (exact) mass is 313 g/mol. The highest BCUT2D eigenvalue weighted by Crippen LogP contribution is 2.35. The zero-order chi connectivity index (χ0) is 13.8. The number of rotatable bonds is 4. The van der Waals surface area contributed by atoms with Crippen LogP contribution in [0.5, 0.6) is 5.75 Å². The number of halogens is 2. The van der Waals surface area contributed by atoms with Gasteiger partial charge in [0.1, 0.15) is 5.75 Å². The second-order valence-corrected chi connectivity index (χ2v) is 5.71. The van der Waals surface area contributed by atoms with E-state index in [0.29, 0.717) is 15.7 Å². The standard InChI is InChI=1S/C14H13Cl2NOS/c1-18-12-7-10(17)5-6-13(12)19-8-9-3-2-4-11(15)14(9)16/h2-7H,8,17H2,1H3. The van der Waals surface area contributed by atoms with Crippen molar-refractivity contribution in [2.45, 2.75) is 10.6 Å². The van der Waals surface area contributed by atoms with Crippen LogP contribution in [-0.4, -0.2) is 7.11 Å². The topological polar surface area (TPSA) is 35.2 Å². The number of hydrogen-bond donors (Lipinski definition) is 1. The van der Waals surface area contributed by atoms with Gasteiger partial charge in [-0.25, -0.2) is 0 Å². The zero-order valence-corrected chi connectivity index (χ0v) is 12.6. The van der Waals surface area contributed by atoms with Gasteiger partial charge in [0.05, 0.1) is 17.2 Å². The van der Waals surface area contributed by atoms with Crippen LogP contribution in [0, 0.1) is 0 Å². The van der Waals surface area contributed by atoms with Crippen LogP contribution in [0.1, 0.15) is 5.56 Å². The van der Waals surface area contributed by atoms with Crippen molar-refractivity contribution in [3.8, 4) is 5.75 Å². The van der Waals surface area contributed by atoms with E-state index in [1.165, 1.54) is 0 Å². The maximum absolute atomic E-state index is 6.16. The lowest BCUT2D eigenvalue weighted by Crippen LogP contribution is -1.91. The minimum Gasteiger partial charge on any atom is -0.496 e. The molecule has 2 nitrogen and oxygen atoms in total. The highest BCUT2D eigenvalue weighted by Gasteiger charge is 2.08. The number of methoxy groups -OCH3 is 1. The van der Waals surface area contributed by atoms with Crippen LogP contribution >= 0.6 is 35.0 Å². The van der Waals surface area contributed by atoms with Crippen LogP contribution < -0.4 is 10.5 Å². The maximum atomic E-state index is 6.16. The van der Waals surface area contributed by atoms with E-state index in [-0.39, 0.29) is 0 Å². The predicted octanol–water partition coefficient (Wildman–Crippen LogP) is 4.88. The Hall–Kier alpha value is -1.03. The summed E-state index contributed by atoms with van der Waals surface area (Å²) in [5.74, 6) is 1.49. The Kier molecular flexibility index (Phi) is 4.86. The van der Waals surface area contributed by atoms with Gasteiger partial charge in [-0.3, -0.25) is 0 Å². The van der Waals surface area contributed by atoms with Crippen LogP contribution in [0.3, 0.4) is 0 Å². The van der Waals surface area contributed by atoms with Crippen molar-refractivity contribution in [1.82, 2.24) is 0 Å². The summed E-state index contributed by atoms with van der Waals surface area (Å²) in [5, 5.41) is 1.18. The third-order valence-corrected chi connectivity index (χ3v) is 4.56. The van der Waals surface area contributed by atoms with Crippen molar-refractivity contribution in [3.63, 3.8) is 0 Å². The number of hydrogen-bond acceptors (Lipinski definition) is 3. The Morgan fingerprint density at radius 2 is 2.00 bits per heavy atom. The lowest BCUT2D eigenvalue weighted by Gasteiger charge is -2.10. The Morgan fingerprint density at radius 1 is 1.21 bits per heavy atom. The first-order chi connectivity index (χ1) is 9.11. The molecule has 0 fully saturated rings. The molecule has 2 aromatic carbocycles. The third-order valence-electron chi connectivity index (χ3n) is 2.60. The molecule has 0 atom stereocenters. The van der Waals surface area contributed by atoms with Crippen molar-refractivity contribution >= 4 is 40.7 Å². The SMILES string of the molecule is COc1cc(N)ccc1SCc1cccc(Cl)c1Cl. The van der Waals surface area contributed by atoms with Crippen molar-refractivity contribution in [3.05, 3.63) is 52.0 Å². The van der Waals surface area contributed by atoms with E-state index >= 15 is 0 Å². The normalized spacial score (nSPS) is 10.5. The molecule has 2 rings (SSSR count). The zero-order valence-electron chi connectivity index (χ0n) is 10.3. The first-order valence-electron chi connectivity index (χ1n) is 5.61. The van der Waals surface area contributed by atoms with E-state index in [0.717, 1.165) is 22.0 Å². The number of benzene rings is 2. The summed E-state index contributed by atoms with van der Waals surface area (Å²) in [7, 11) is 1.63. The molecule has 0 amide bonds. The van der Waals surface area contributed by atoms with Gasteiger partial charge in [-0.2, -0.15) is 0 Å². The Morgan fingerprint density at radius 3 is 2.74 bits per heavy atom. The van der Waals surface area contributed by atoms with E-state index in [1.54, 1.807) is 24.9 Å². The average Bonchev–Trinajstić information content (AvgIpc) is 2.41. The van der Waals surface area contributed by atoms with E-state index in [4.69, 9.17) is 33.7 Å². The molecule has 0 aliphatic carbocycles. The molecule has 0 aliphatic heterocycles. The summed E-state index contributed by atoms with van der Waals surface area (Å²) in [6, 6.07) is 11.2. The number of nitrogens with two attached hydrogens (primary N) is 1. The predicted molar refractivity (Wildman–Crippen MR) is 83.4 cm³/mol. The Bertz CT molecular complexity index is 590. The Balaban J connectivity index is 2.17. The molecule has 0 saturated carbocycles. The average molecular weight is 314 g/mol. The minimum absolute atomic E-state index is 0.573. The molecule has 2 aromatic rings. The van der Waals surface area contributed by atoms with Crippen molar-refractivity contribution in [1.29, 1.82) is 0 Å². The molecule has 0 spiro atoms. The highest BCUT2D eigenvalue weighted by molar-refractivity contribution is 7.98. The molecular weight excluding hydrogens is 301 g/mol. The van der Waals surface area contributed by atoms with Gasteiger partial charge in [0.25, 0.3) is 0 Å². The van der Waals surface area contributed by atoms with Gasteiger partial charge in [0, 0.05) is 22.4 Å². The lowest BCUT2D eigenvalue weighted by molar-refractivity contribution is 0.405. The fourth-order valence-corrected chi connectivity index (χ4v) is 3.09. The second kappa shape index (κ2) is 6.42. The van der Waals surface area contributed by atoms with Crippen molar-refractivity contribution < 1.29 is 4.74 Å². The van der Waals surface area contributed by atoms with Crippen LogP contribution in [0.25, 0.3) is 0 Å². The van der Waals surface area contributed by atoms with Gasteiger partial charge >= 0.3 is 0 Å². The van der Waals surface area contributed by atoms with Gasteiger partial charge in [0.15, 0.2) is 0 Å². The Labute approximate surface area is 126 Å². The van der Waals surface area contributed by atoms with E-state index in [9.17, 15) is 0 Å². The van der Waals surface area contributed by atoms with E-state index in [2.05, 4.69) is 0 Å². The largest absolute Gasteiger partial charge is 0.496 e. The van der Waals surface area contributed by atoms with E-state index < -0.39 is 0 Å². The van der Waals surface area contributed by atoms with Gasteiger partial charge < -0.3 is 10.5 Å². The smallest absolute Gasteiger partial charge is 0.134 e. The molecule has 0 bridgehead atoms. The molecule has 19 heavy (non-hydrogen) atoms. The quantitative estimate of drug-likeness (QED) is 0.645. The van der Waals surface area contributed by atoms with Gasteiger partial charge in [-0.15, -0.1) is 11.8 Å². The summed E-state index contributed by atoms with van der Waals surface area (Å²) in [5.41, 5.74) is 7.41. The van der Waals surface area contributed by atoms with Crippen molar-refractivity contribution in [2.75, 3.05) is 12.8 Å². The van der Waals surface area contributed by atoms with Gasteiger partial charge in [-0.05, 0) is 23.8 Å². The summed E-state index contributed by atoms with van der Waals surface area (Å²) in [6.45, 7) is 0. The van der Waals surface area contributed by atoms with Crippen LogP contribution in [-0.2, 0) is 5.75 Å². The molecule has 0 aliphatic rings. The number of ether oxygens (including phenoxy) is 1. The molecule has 100 valence electrons. The number of anilines is 1.